The van der Waals surface area contributed by atoms with Crippen LogP contribution in [0.5, 0.6) is 0 Å². The second kappa shape index (κ2) is 6.75. The SMILES string of the molecule is O=C(c1ccc(Br)cc1)N1CCC(c2cccs2)S(=O)(=O)CC1. The molecular formula is C16H16BrNO3S2. The van der Waals surface area contributed by atoms with Gasteiger partial charge in [-0.05, 0) is 42.1 Å². The van der Waals surface area contributed by atoms with Gasteiger partial charge in [-0.3, -0.25) is 4.79 Å². The first kappa shape index (κ1) is 16.7. The topological polar surface area (TPSA) is 54.5 Å². The molecule has 2 aromatic rings. The summed E-state index contributed by atoms with van der Waals surface area (Å²) in [6.45, 7) is 0.704. The lowest BCUT2D eigenvalue weighted by Gasteiger charge is -2.20. The lowest BCUT2D eigenvalue weighted by Crippen LogP contribution is -2.33. The quantitative estimate of drug-likeness (QED) is 0.756. The zero-order valence-corrected chi connectivity index (χ0v) is 15.5. The smallest absolute Gasteiger partial charge is 0.253 e. The summed E-state index contributed by atoms with van der Waals surface area (Å²) in [4.78, 5) is 15.1. The van der Waals surface area contributed by atoms with Crippen LogP contribution in [0.3, 0.4) is 0 Å². The van der Waals surface area contributed by atoms with E-state index < -0.39 is 15.1 Å². The maximum atomic E-state index is 12.6. The molecule has 0 bridgehead atoms. The standard InChI is InChI=1S/C16H16BrNO3S2/c17-13-5-3-12(4-6-13)16(19)18-8-7-15(14-2-1-10-22-14)23(20,21)11-9-18/h1-6,10,15H,7-9,11H2. The van der Waals surface area contributed by atoms with Crippen LogP contribution in [0.25, 0.3) is 0 Å². The molecule has 23 heavy (non-hydrogen) atoms. The van der Waals surface area contributed by atoms with E-state index in [0.29, 0.717) is 18.5 Å². The first-order valence-corrected chi connectivity index (χ1v) is 10.7. The van der Waals surface area contributed by atoms with Gasteiger partial charge in [0.05, 0.1) is 11.0 Å². The highest BCUT2D eigenvalue weighted by Gasteiger charge is 2.33. The average Bonchev–Trinajstić information content (AvgIpc) is 2.99. The Bertz CT molecular complexity index is 785. The van der Waals surface area contributed by atoms with Crippen molar-refractivity contribution in [1.82, 2.24) is 4.90 Å². The Hall–Kier alpha value is -1.18. The van der Waals surface area contributed by atoms with Gasteiger partial charge in [0.15, 0.2) is 9.84 Å². The van der Waals surface area contributed by atoms with Crippen molar-refractivity contribution in [2.75, 3.05) is 18.8 Å². The van der Waals surface area contributed by atoms with Crippen LogP contribution in [-0.4, -0.2) is 38.1 Å². The van der Waals surface area contributed by atoms with Crippen molar-refractivity contribution in [2.45, 2.75) is 11.7 Å². The molecule has 4 nitrogen and oxygen atoms in total. The zero-order chi connectivity index (χ0) is 16.4. The van der Waals surface area contributed by atoms with Crippen LogP contribution in [0.15, 0.2) is 46.3 Å². The summed E-state index contributed by atoms with van der Waals surface area (Å²) < 4.78 is 25.9. The fraction of sp³-hybridized carbons (Fsp3) is 0.312. The minimum Gasteiger partial charge on any atom is -0.338 e. The average molecular weight is 414 g/mol. The molecule has 1 atom stereocenters. The Morgan fingerprint density at radius 2 is 1.91 bits per heavy atom. The van der Waals surface area contributed by atoms with Gasteiger partial charge in [-0.25, -0.2) is 8.42 Å². The van der Waals surface area contributed by atoms with Gasteiger partial charge in [0.2, 0.25) is 0 Å². The molecular weight excluding hydrogens is 398 g/mol. The van der Waals surface area contributed by atoms with E-state index in [0.717, 1.165) is 9.35 Å². The molecule has 1 aromatic carbocycles. The Balaban J connectivity index is 1.80. The van der Waals surface area contributed by atoms with Crippen molar-refractivity contribution >= 4 is 43.0 Å². The molecule has 3 rings (SSSR count). The lowest BCUT2D eigenvalue weighted by molar-refractivity contribution is 0.0766. The molecule has 1 saturated heterocycles. The van der Waals surface area contributed by atoms with Crippen molar-refractivity contribution in [1.29, 1.82) is 0 Å². The molecule has 2 heterocycles. The molecule has 0 aliphatic carbocycles. The maximum absolute atomic E-state index is 12.6. The molecule has 1 aliphatic rings. The van der Waals surface area contributed by atoms with E-state index in [4.69, 9.17) is 0 Å². The molecule has 1 unspecified atom stereocenters. The van der Waals surface area contributed by atoms with Crippen molar-refractivity contribution in [3.8, 4) is 0 Å². The third-order valence-corrected chi connectivity index (χ3v) is 7.75. The Kier molecular flexibility index (Phi) is 4.89. The van der Waals surface area contributed by atoms with E-state index in [1.807, 2.05) is 29.6 Å². The Labute approximate surface area is 148 Å². The van der Waals surface area contributed by atoms with E-state index in [1.165, 1.54) is 11.3 Å². The molecule has 7 heteroatoms. The fourth-order valence-corrected chi connectivity index (χ4v) is 5.98. The number of carbonyl (C=O) groups excluding carboxylic acids is 1. The van der Waals surface area contributed by atoms with Gasteiger partial charge in [-0.2, -0.15) is 0 Å². The maximum Gasteiger partial charge on any atom is 0.253 e. The summed E-state index contributed by atoms with van der Waals surface area (Å²) in [5.74, 6) is -0.0998. The Morgan fingerprint density at radius 3 is 2.57 bits per heavy atom. The first-order chi connectivity index (χ1) is 11.0. The molecule has 1 fully saturated rings. The minimum absolute atomic E-state index is 0.0117. The number of benzene rings is 1. The van der Waals surface area contributed by atoms with Gasteiger partial charge in [-0.15, -0.1) is 11.3 Å². The van der Waals surface area contributed by atoms with E-state index in [9.17, 15) is 13.2 Å². The summed E-state index contributed by atoms with van der Waals surface area (Å²) in [7, 11) is -3.23. The summed E-state index contributed by atoms with van der Waals surface area (Å²) >= 11 is 4.81. The van der Waals surface area contributed by atoms with E-state index in [1.54, 1.807) is 17.0 Å². The zero-order valence-electron chi connectivity index (χ0n) is 12.3. The molecule has 1 aliphatic heterocycles. The molecule has 1 amide bonds. The van der Waals surface area contributed by atoms with E-state index in [-0.39, 0.29) is 18.2 Å². The van der Waals surface area contributed by atoms with Crippen molar-refractivity contribution in [3.63, 3.8) is 0 Å². The number of nitrogens with zero attached hydrogens (tertiary/aromatic N) is 1. The lowest BCUT2D eigenvalue weighted by atomic mass is 10.2. The predicted molar refractivity (Wildman–Crippen MR) is 95.5 cm³/mol. The van der Waals surface area contributed by atoms with Crippen LogP contribution in [-0.2, 0) is 9.84 Å². The van der Waals surface area contributed by atoms with Gasteiger partial charge in [0.1, 0.15) is 0 Å². The molecule has 122 valence electrons. The van der Waals surface area contributed by atoms with Crippen LogP contribution in [0.2, 0.25) is 0 Å². The molecule has 0 saturated carbocycles. The number of hydrogen-bond donors (Lipinski definition) is 0. The highest BCUT2D eigenvalue weighted by Crippen LogP contribution is 2.32. The molecule has 0 spiro atoms. The van der Waals surface area contributed by atoms with E-state index in [2.05, 4.69) is 15.9 Å². The van der Waals surface area contributed by atoms with Crippen LogP contribution in [0, 0.1) is 0 Å². The molecule has 0 N–H and O–H groups in total. The molecule has 0 radical (unpaired) electrons. The third kappa shape index (κ3) is 3.67. The summed E-state index contributed by atoms with van der Waals surface area (Å²) in [5.41, 5.74) is 0.583. The van der Waals surface area contributed by atoms with Crippen molar-refractivity contribution < 1.29 is 13.2 Å². The summed E-state index contributed by atoms with van der Waals surface area (Å²) in [6.07, 6.45) is 0.450. The number of thiophene rings is 1. The normalized spacial score (nSPS) is 20.9. The van der Waals surface area contributed by atoms with Crippen molar-refractivity contribution in [3.05, 3.63) is 56.7 Å². The summed E-state index contributed by atoms with van der Waals surface area (Å²) in [6, 6.07) is 10.9. The van der Waals surface area contributed by atoms with Crippen LogP contribution in [0.1, 0.15) is 26.9 Å². The number of sulfone groups is 1. The fourth-order valence-electron chi connectivity index (χ4n) is 2.72. The number of rotatable bonds is 2. The number of halogens is 1. The Morgan fingerprint density at radius 1 is 1.17 bits per heavy atom. The number of hydrogen-bond acceptors (Lipinski definition) is 4. The highest BCUT2D eigenvalue weighted by atomic mass is 79.9. The van der Waals surface area contributed by atoms with Gasteiger partial charge in [0, 0.05) is 28.0 Å². The summed E-state index contributed by atoms with van der Waals surface area (Å²) in [5, 5.41) is 1.39. The van der Waals surface area contributed by atoms with Gasteiger partial charge < -0.3 is 4.90 Å². The minimum atomic E-state index is -3.23. The van der Waals surface area contributed by atoms with Gasteiger partial charge >= 0.3 is 0 Å². The van der Waals surface area contributed by atoms with E-state index >= 15 is 0 Å². The second-order valence-electron chi connectivity index (χ2n) is 5.46. The first-order valence-electron chi connectivity index (χ1n) is 7.27. The van der Waals surface area contributed by atoms with Crippen LogP contribution >= 0.6 is 27.3 Å². The number of carbonyl (C=O) groups is 1. The van der Waals surface area contributed by atoms with Gasteiger partial charge in [-0.1, -0.05) is 22.0 Å². The largest absolute Gasteiger partial charge is 0.338 e. The third-order valence-electron chi connectivity index (χ3n) is 3.98. The van der Waals surface area contributed by atoms with Crippen molar-refractivity contribution in [2.24, 2.45) is 0 Å². The second-order valence-corrected chi connectivity index (χ2v) is 9.66. The monoisotopic (exact) mass is 413 g/mol. The van der Waals surface area contributed by atoms with Crippen LogP contribution < -0.4 is 0 Å². The van der Waals surface area contributed by atoms with Crippen LogP contribution in [0.4, 0.5) is 0 Å². The van der Waals surface area contributed by atoms with Gasteiger partial charge in [0.25, 0.3) is 5.91 Å². The molecule has 1 aromatic heterocycles. The highest BCUT2D eigenvalue weighted by molar-refractivity contribution is 9.10. The predicted octanol–water partition coefficient (Wildman–Crippen LogP) is 3.51. The number of amides is 1.